The summed E-state index contributed by atoms with van der Waals surface area (Å²) in [5.41, 5.74) is 0. The molecule has 1 radical (unpaired) electrons. The molecule has 0 aliphatic heterocycles. The van der Waals surface area contributed by atoms with Crippen LogP contribution in [0.5, 0.6) is 0 Å². The van der Waals surface area contributed by atoms with Crippen molar-refractivity contribution in [1.82, 2.24) is 0 Å². The average Bonchev–Trinajstić information content (AvgIpc) is 2.06. The molecule has 0 aliphatic carbocycles. The third kappa shape index (κ3) is 6.27. The fourth-order valence-electron chi connectivity index (χ4n) is 0.504. The second kappa shape index (κ2) is 8.64. The highest BCUT2D eigenvalue weighted by Crippen LogP contribution is 1.91. The van der Waals surface area contributed by atoms with E-state index in [0.717, 1.165) is 0 Å². The smallest absolute Gasteiger partial charge is 0.371 e. The lowest BCUT2D eigenvalue weighted by molar-refractivity contribution is 0.112. The van der Waals surface area contributed by atoms with Crippen LogP contribution in [0.4, 0.5) is 0 Å². The first-order valence-electron chi connectivity index (χ1n) is 3.79. The van der Waals surface area contributed by atoms with E-state index in [0.29, 0.717) is 13.2 Å². The van der Waals surface area contributed by atoms with Gasteiger partial charge < -0.3 is 13.3 Å². The van der Waals surface area contributed by atoms with E-state index in [1.54, 1.807) is 5.94 Å². The summed E-state index contributed by atoms with van der Waals surface area (Å²) in [4.78, 5) is 9.77. The van der Waals surface area contributed by atoms with Gasteiger partial charge >= 0.3 is 9.53 Å². The maximum absolute atomic E-state index is 9.77. The van der Waals surface area contributed by atoms with Crippen molar-refractivity contribution in [2.24, 2.45) is 0 Å². The van der Waals surface area contributed by atoms with Crippen LogP contribution >= 0.6 is 0 Å². The first-order valence-corrected chi connectivity index (χ1v) is 5.02. The van der Waals surface area contributed by atoms with E-state index in [2.05, 4.69) is 0 Å². The zero-order valence-electron chi connectivity index (χ0n) is 7.33. The lowest BCUT2D eigenvalue weighted by Crippen LogP contribution is -2.27. The van der Waals surface area contributed by atoms with Crippen LogP contribution in [0.15, 0.2) is 6.08 Å². The lowest BCUT2D eigenvalue weighted by Gasteiger charge is -2.10. The molecule has 0 saturated carbocycles. The number of rotatable bonds is 7. The van der Waals surface area contributed by atoms with Crippen molar-refractivity contribution in [2.45, 2.75) is 13.8 Å². The van der Waals surface area contributed by atoms with Gasteiger partial charge in [-0.2, -0.15) is 0 Å². The van der Waals surface area contributed by atoms with Gasteiger partial charge in [-0.15, -0.1) is 0 Å². The molecule has 12 heavy (non-hydrogen) atoms. The van der Waals surface area contributed by atoms with Gasteiger partial charge in [0.25, 0.3) is 0 Å². The van der Waals surface area contributed by atoms with Gasteiger partial charge in [0.05, 0.1) is 6.61 Å². The van der Waals surface area contributed by atoms with Crippen LogP contribution in [-0.2, 0) is 18.1 Å². The first-order chi connectivity index (χ1) is 5.85. The molecule has 4 nitrogen and oxygen atoms in total. The molecule has 0 N–H and O–H groups in total. The molecule has 0 rings (SSSR count). The van der Waals surface area contributed by atoms with Crippen LogP contribution in [-0.4, -0.2) is 35.3 Å². The Morgan fingerprint density at radius 2 is 1.83 bits per heavy atom. The Labute approximate surface area is 74.1 Å². The molecular formula is C7H13O4Si. The van der Waals surface area contributed by atoms with Crippen molar-refractivity contribution in [1.29, 1.82) is 0 Å². The van der Waals surface area contributed by atoms with E-state index in [9.17, 15) is 4.79 Å². The highest BCUT2D eigenvalue weighted by atomic mass is 28.3. The third-order valence-electron chi connectivity index (χ3n) is 0.892. The van der Waals surface area contributed by atoms with Crippen molar-refractivity contribution in [3.05, 3.63) is 6.08 Å². The van der Waals surface area contributed by atoms with E-state index < -0.39 is 9.53 Å². The monoisotopic (exact) mass is 189 g/mol. The second-order valence-electron chi connectivity index (χ2n) is 1.75. The molecule has 0 aromatic heterocycles. The minimum absolute atomic E-state index is 0.206. The highest BCUT2D eigenvalue weighted by Gasteiger charge is 2.16. The van der Waals surface area contributed by atoms with Crippen molar-refractivity contribution in [3.8, 4) is 0 Å². The Kier molecular flexibility index (Phi) is 8.32. The molecule has 69 valence electrons. The largest absolute Gasteiger partial charge is 0.578 e. The number of carbonyl (C=O) groups excluding carboxylic acids is 1. The van der Waals surface area contributed by atoms with Crippen LogP contribution in [0.2, 0.25) is 0 Å². The van der Waals surface area contributed by atoms with Gasteiger partial charge in [0.15, 0.2) is 0 Å². The molecule has 0 heterocycles. The maximum Gasteiger partial charge on any atom is 0.578 e. The van der Waals surface area contributed by atoms with E-state index in [1.807, 2.05) is 13.8 Å². The first kappa shape index (κ1) is 11.5. The van der Waals surface area contributed by atoms with Crippen molar-refractivity contribution in [2.75, 3.05) is 19.8 Å². The lowest BCUT2D eigenvalue weighted by atomic mass is 10.7. The molecule has 0 bridgehead atoms. The maximum atomic E-state index is 9.77. The van der Waals surface area contributed by atoms with E-state index in [4.69, 9.17) is 13.3 Å². The van der Waals surface area contributed by atoms with E-state index >= 15 is 0 Å². The van der Waals surface area contributed by atoms with Crippen LogP contribution in [0.1, 0.15) is 13.8 Å². The van der Waals surface area contributed by atoms with Crippen LogP contribution in [0.25, 0.3) is 0 Å². The summed E-state index contributed by atoms with van der Waals surface area (Å²) in [6, 6.07) is 0. The molecule has 0 atom stereocenters. The molecule has 0 fully saturated rings. The molecule has 0 unspecified atom stereocenters. The standard InChI is InChI=1S/C7H13O4Si/c1-3-9-12(10-4-2)11-7-5-6-8/h5H,3-4,7H2,1-2H3. The second-order valence-corrected chi connectivity index (χ2v) is 3.12. The van der Waals surface area contributed by atoms with Crippen molar-refractivity contribution in [3.63, 3.8) is 0 Å². The van der Waals surface area contributed by atoms with Crippen LogP contribution < -0.4 is 0 Å². The molecule has 0 spiro atoms. The van der Waals surface area contributed by atoms with Gasteiger partial charge in [-0.25, -0.2) is 4.79 Å². The van der Waals surface area contributed by atoms with Gasteiger partial charge in [-0.3, -0.25) is 0 Å². The third-order valence-corrected chi connectivity index (χ3v) is 2.34. The fourth-order valence-corrected chi connectivity index (χ4v) is 1.45. The summed E-state index contributed by atoms with van der Waals surface area (Å²) in [6.07, 6.45) is 1.25. The summed E-state index contributed by atoms with van der Waals surface area (Å²) in [5, 5.41) is 0. The van der Waals surface area contributed by atoms with Gasteiger partial charge in [-0.1, -0.05) is 0 Å². The van der Waals surface area contributed by atoms with Gasteiger partial charge in [-0.05, 0) is 13.8 Å². The Morgan fingerprint density at radius 3 is 2.25 bits per heavy atom. The molecule has 0 amide bonds. The molecule has 0 aromatic carbocycles. The summed E-state index contributed by atoms with van der Waals surface area (Å²) < 4.78 is 15.4. The quantitative estimate of drug-likeness (QED) is 0.431. The Morgan fingerprint density at radius 1 is 1.25 bits per heavy atom. The fraction of sp³-hybridized carbons (Fsp3) is 0.714. The number of hydrogen-bond acceptors (Lipinski definition) is 4. The molecule has 0 aliphatic rings. The summed E-state index contributed by atoms with van der Waals surface area (Å²) in [5.74, 6) is 1.61. The van der Waals surface area contributed by atoms with Crippen LogP contribution in [0, 0.1) is 0 Å². The van der Waals surface area contributed by atoms with E-state index in [1.165, 1.54) is 6.08 Å². The van der Waals surface area contributed by atoms with Gasteiger partial charge in [0.2, 0.25) is 0 Å². The average molecular weight is 189 g/mol. The molecule has 5 heteroatoms. The molecule has 0 aromatic rings. The molecular weight excluding hydrogens is 176 g/mol. The zero-order valence-corrected chi connectivity index (χ0v) is 8.33. The number of hydrogen-bond donors (Lipinski definition) is 0. The normalized spacial score (nSPS) is 9.92. The van der Waals surface area contributed by atoms with Gasteiger partial charge in [0, 0.05) is 19.3 Å². The Bertz CT molecular complexity index is 138. The SMILES string of the molecule is CCO[Si](OCC)OCC=C=O. The minimum atomic E-state index is -1.63. The van der Waals surface area contributed by atoms with Crippen molar-refractivity contribution >= 4 is 15.5 Å². The van der Waals surface area contributed by atoms with Crippen LogP contribution in [0.3, 0.4) is 0 Å². The van der Waals surface area contributed by atoms with Gasteiger partial charge in [0.1, 0.15) is 5.94 Å². The van der Waals surface area contributed by atoms with Crippen molar-refractivity contribution < 1.29 is 18.1 Å². The Hall–Kier alpha value is -0.453. The zero-order chi connectivity index (χ0) is 9.23. The predicted molar refractivity (Wildman–Crippen MR) is 45.2 cm³/mol. The summed E-state index contributed by atoms with van der Waals surface area (Å²) in [7, 11) is -1.63. The molecule has 0 saturated heterocycles. The Balaban J connectivity index is 3.54. The summed E-state index contributed by atoms with van der Waals surface area (Å²) >= 11 is 0. The minimum Gasteiger partial charge on any atom is -0.371 e. The predicted octanol–water partition coefficient (Wildman–Crippen LogP) is 0.449. The summed E-state index contributed by atoms with van der Waals surface area (Å²) in [6.45, 7) is 5.04. The van der Waals surface area contributed by atoms with E-state index in [-0.39, 0.29) is 6.61 Å². The topological polar surface area (TPSA) is 44.8 Å². The highest BCUT2D eigenvalue weighted by molar-refractivity contribution is 6.36.